The lowest BCUT2D eigenvalue weighted by atomic mass is 9.94. The number of alkyl carbamates (subject to hydrolysis) is 1. The molecule has 2 aliphatic heterocycles. The minimum absolute atomic E-state index is 0.0578. The van der Waals surface area contributed by atoms with Crippen molar-refractivity contribution in [3.63, 3.8) is 0 Å². The molecule has 1 fully saturated rings. The zero-order valence-corrected chi connectivity index (χ0v) is 22.0. The molecular formula is C26H24N4O9S. The highest BCUT2D eigenvalue weighted by atomic mass is 32.2. The van der Waals surface area contributed by atoms with E-state index in [1.807, 2.05) is 0 Å². The Morgan fingerprint density at radius 1 is 1.00 bits per heavy atom. The van der Waals surface area contributed by atoms with Crippen LogP contribution in [-0.4, -0.2) is 51.1 Å². The van der Waals surface area contributed by atoms with Crippen LogP contribution >= 0.6 is 11.8 Å². The quantitative estimate of drug-likeness (QED) is 0.104. The van der Waals surface area contributed by atoms with Gasteiger partial charge in [0.15, 0.2) is 0 Å². The molecule has 40 heavy (non-hydrogen) atoms. The molecule has 1 saturated heterocycles. The van der Waals surface area contributed by atoms with E-state index in [9.17, 15) is 34.6 Å². The van der Waals surface area contributed by atoms with Crippen molar-refractivity contribution in [1.82, 2.24) is 10.2 Å². The summed E-state index contributed by atoms with van der Waals surface area (Å²) in [4.78, 5) is 60.3. The van der Waals surface area contributed by atoms with E-state index < -0.39 is 21.9 Å². The number of β-lactam (4-membered cyclic amide) rings is 1. The molecule has 0 aromatic heterocycles. The second kappa shape index (κ2) is 12.4. The normalized spacial score (nSPS) is 16.8. The van der Waals surface area contributed by atoms with Gasteiger partial charge >= 0.3 is 12.1 Å². The van der Waals surface area contributed by atoms with Gasteiger partial charge in [-0.3, -0.25) is 29.9 Å². The Morgan fingerprint density at radius 3 is 2.08 bits per heavy atom. The summed E-state index contributed by atoms with van der Waals surface area (Å²) in [6.07, 6.45) is 1.50. The molecule has 2 aliphatic rings. The third-order valence-corrected chi connectivity index (χ3v) is 7.32. The molecule has 0 bridgehead atoms. The molecular weight excluding hydrogens is 544 g/mol. The van der Waals surface area contributed by atoms with E-state index in [1.54, 1.807) is 13.0 Å². The number of thioether (sulfide) groups is 1. The minimum Gasteiger partial charge on any atom is -0.456 e. The molecule has 1 N–H and O–H groups in total. The maximum absolute atomic E-state index is 13.0. The van der Waals surface area contributed by atoms with Crippen molar-refractivity contribution in [2.75, 3.05) is 12.3 Å². The van der Waals surface area contributed by atoms with E-state index >= 15 is 0 Å². The summed E-state index contributed by atoms with van der Waals surface area (Å²) in [5, 5.41) is 24.2. The summed E-state index contributed by atoms with van der Waals surface area (Å²) in [5.41, 5.74) is 1.79. The first-order chi connectivity index (χ1) is 19.2. The lowest BCUT2D eigenvalue weighted by molar-refractivity contribution is -0.385. The van der Waals surface area contributed by atoms with Crippen LogP contribution in [0.5, 0.6) is 0 Å². The molecule has 4 rings (SSSR count). The molecule has 0 spiro atoms. The van der Waals surface area contributed by atoms with Crippen molar-refractivity contribution in [2.24, 2.45) is 0 Å². The van der Waals surface area contributed by atoms with Crippen LogP contribution in [0.25, 0.3) is 0 Å². The number of nitrogens with one attached hydrogen (secondary N) is 1. The van der Waals surface area contributed by atoms with Gasteiger partial charge in [-0.15, -0.1) is 11.8 Å². The van der Waals surface area contributed by atoms with Gasteiger partial charge in [-0.2, -0.15) is 0 Å². The predicted molar refractivity (Wildman–Crippen MR) is 143 cm³/mol. The third kappa shape index (κ3) is 6.29. The zero-order valence-electron chi connectivity index (χ0n) is 21.2. The largest absolute Gasteiger partial charge is 0.456 e. The Labute approximate surface area is 232 Å². The summed E-state index contributed by atoms with van der Waals surface area (Å²) in [6.45, 7) is 1.79. The van der Waals surface area contributed by atoms with Gasteiger partial charge in [0.05, 0.1) is 15.9 Å². The first-order valence-electron chi connectivity index (χ1n) is 12.1. The molecule has 2 amide bonds. The van der Waals surface area contributed by atoms with E-state index in [1.165, 1.54) is 65.2 Å². The number of benzene rings is 2. The molecule has 208 valence electrons. The number of carbonyl (C=O) groups is 3. The number of esters is 1. The van der Waals surface area contributed by atoms with Crippen molar-refractivity contribution in [2.45, 2.75) is 32.6 Å². The molecule has 2 aromatic carbocycles. The molecule has 2 aromatic rings. The summed E-state index contributed by atoms with van der Waals surface area (Å²) < 4.78 is 10.6. The van der Waals surface area contributed by atoms with Crippen LogP contribution in [-0.2, 0) is 32.3 Å². The number of allylic oxidation sites excluding steroid dienone is 1. The van der Waals surface area contributed by atoms with Crippen molar-refractivity contribution in [3.8, 4) is 0 Å². The number of rotatable bonds is 11. The van der Waals surface area contributed by atoms with Crippen LogP contribution in [0.1, 0.15) is 24.5 Å². The summed E-state index contributed by atoms with van der Waals surface area (Å²) in [6, 6.07) is 11.0. The van der Waals surface area contributed by atoms with E-state index in [0.717, 1.165) is 0 Å². The number of fused-ring (bicyclic) bond motifs is 1. The number of carbonyl (C=O) groups excluding carboxylic acids is 3. The molecule has 14 heteroatoms. The van der Waals surface area contributed by atoms with Gasteiger partial charge < -0.3 is 14.8 Å². The minimum atomic E-state index is -0.678. The topological polar surface area (TPSA) is 171 Å². The van der Waals surface area contributed by atoms with Crippen LogP contribution in [0, 0.1) is 20.2 Å². The fourth-order valence-electron chi connectivity index (χ4n) is 4.19. The van der Waals surface area contributed by atoms with Gasteiger partial charge in [0.2, 0.25) is 0 Å². The Kier molecular flexibility index (Phi) is 8.79. The second-order valence-electron chi connectivity index (χ2n) is 8.69. The molecule has 13 nitrogen and oxygen atoms in total. The lowest BCUT2D eigenvalue weighted by Gasteiger charge is -2.38. The number of ether oxygens (including phenoxy) is 2. The van der Waals surface area contributed by atoms with Crippen LogP contribution in [0.3, 0.4) is 0 Å². The Morgan fingerprint density at radius 2 is 1.55 bits per heavy atom. The van der Waals surface area contributed by atoms with Crippen molar-refractivity contribution >= 4 is 41.1 Å². The standard InChI is InChI=1S/C26H24N4O9S/c1-2-20-21-13-22(40-12-11-27-26(33)39-15-17-5-9-19(10-6-17)30(36)37)23(28(21)24(20)31)25(32)38-14-16-3-7-18(8-4-16)29(34)35/h2-10,21H,11-15H2,1H3,(H,27,33)/b20-2+. The fourth-order valence-corrected chi connectivity index (χ4v) is 5.23. The van der Waals surface area contributed by atoms with Crippen molar-refractivity contribution < 1.29 is 33.7 Å². The monoisotopic (exact) mass is 568 g/mol. The maximum atomic E-state index is 13.0. The van der Waals surface area contributed by atoms with Gasteiger partial charge in [-0.1, -0.05) is 6.08 Å². The number of non-ortho nitro benzene ring substituents is 2. The zero-order chi connectivity index (χ0) is 28.8. The molecule has 0 aliphatic carbocycles. The number of nitrogens with zero attached hydrogens (tertiary/aromatic N) is 3. The van der Waals surface area contributed by atoms with Crippen LogP contribution in [0.4, 0.5) is 16.2 Å². The van der Waals surface area contributed by atoms with E-state index in [4.69, 9.17) is 9.47 Å². The first kappa shape index (κ1) is 28.3. The fraction of sp³-hybridized carbons (Fsp3) is 0.269. The highest BCUT2D eigenvalue weighted by Crippen LogP contribution is 2.46. The number of hydrogen-bond acceptors (Lipinski definition) is 10. The molecule has 1 unspecified atom stereocenters. The first-order valence-corrected chi connectivity index (χ1v) is 13.1. The van der Waals surface area contributed by atoms with Gasteiger partial charge in [0.1, 0.15) is 18.9 Å². The summed E-state index contributed by atoms with van der Waals surface area (Å²) >= 11 is 1.32. The van der Waals surface area contributed by atoms with E-state index in [2.05, 4.69) is 5.32 Å². The SMILES string of the molecule is C/C=C1/C(=O)N2C(C(=O)OCc3ccc([N+](=O)[O-])cc3)=C(SCCNC(=O)OCc3ccc([N+](=O)[O-])cc3)CC12. The third-order valence-electron chi connectivity index (χ3n) is 6.21. The lowest BCUT2D eigenvalue weighted by Crippen LogP contribution is -2.52. The average molecular weight is 569 g/mol. The highest BCUT2D eigenvalue weighted by Gasteiger charge is 2.51. The molecule has 0 saturated carbocycles. The van der Waals surface area contributed by atoms with Crippen molar-refractivity contribution in [3.05, 3.63) is 102 Å². The van der Waals surface area contributed by atoms with Gasteiger partial charge in [0, 0.05) is 53.5 Å². The van der Waals surface area contributed by atoms with E-state index in [0.29, 0.717) is 33.8 Å². The van der Waals surface area contributed by atoms with Crippen LogP contribution in [0.2, 0.25) is 0 Å². The smallest absolute Gasteiger partial charge is 0.407 e. The van der Waals surface area contributed by atoms with Gasteiger partial charge in [0.25, 0.3) is 17.3 Å². The van der Waals surface area contributed by atoms with Gasteiger partial charge in [-0.25, -0.2) is 9.59 Å². The number of nitro benzene ring substituents is 2. The summed E-state index contributed by atoms with van der Waals surface area (Å²) in [5.74, 6) is -0.554. The molecule has 2 heterocycles. The highest BCUT2D eigenvalue weighted by molar-refractivity contribution is 8.03. The van der Waals surface area contributed by atoms with Crippen LogP contribution in [0.15, 0.2) is 70.8 Å². The van der Waals surface area contributed by atoms with E-state index in [-0.39, 0.29) is 48.8 Å². The Hall–Kier alpha value is -4.72. The molecule has 1 atom stereocenters. The van der Waals surface area contributed by atoms with Gasteiger partial charge in [-0.05, 0) is 42.3 Å². The number of amides is 2. The van der Waals surface area contributed by atoms with Crippen LogP contribution < -0.4 is 5.32 Å². The predicted octanol–water partition coefficient (Wildman–Crippen LogP) is 3.98. The van der Waals surface area contributed by atoms with Crippen molar-refractivity contribution in [1.29, 1.82) is 0 Å². The maximum Gasteiger partial charge on any atom is 0.407 e. The Bertz CT molecular complexity index is 1400. The summed E-state index contributed by atoms with van der Waals surface area (Å²) in [7, 11) is 0. The average Bonchev–Trinajstić information content (AvgIpc) is 3.28. The second-order valence-corrected chi connectivity index (χ2v) is 9.88. The molecule has 0 radical (unpaired) electrons. The number of hydrogen-bond donors (Lipinski definition) is 1. The number of nitro groups is 2. The Balaban J connectivity index is 1.30.